The van der Waals surface area contributed by atoms with Crippen LogP contribution >= 0.6 is 11.6 Å². The third-order valence-electron chi connectivity index (χ3n) is 6.37. The number of carbonyl (C=O) groups is 2. The highest BCUT2D eigenvalue weighted by Gasteiger charge is 2.32. The van der Waals surface area contributed by atoms with Crippen LogP contribution in [-0.4, -0.2) is 50.5 Å². The van der Waals surface area contributed by atoms with Gasteiger partial charge < -0.3 is 10.2 Å². The molecule has 9 heteroatoms. The van der Waals surface area contributed by atoms with Crippen molar-refractivity contribution in [1.82, 2.24) is 10.2 Å². The predicted molar refractivity (Wildman–Crippen MR) is 157 cm³/mol. The van der Waals surface area contributed by atoms with E-state index in [0.29, 0.717) is 17.3 Å². The van der Waals surface area contributed by atoms with Crippen molar-refractivity contribution >= 4 is 39.1 Å². The van der Waals surface area contributed by atoms with Gasteiger partial charge in [0.1, 0.15) is 12.6 Å². The molecule has 3 rings (SSSR count). The lowest BCUT2D eigenvalue weighted by molar-refractivity contribution is -0.140. The van der Waals surface area contributed by atoms with E-state index in [1.165, 1.54) is 4.90 Å². The first-order valence-electron chi connectivity index (χ1n) is 13.0. The zero-order valence-electron chi connectivity index (χ0n) is 22.6. The molecule has 7 nitrogen and oxygen atoms in total. The molecule has 0 heterocycles. The highest BCUT2D eigenvalue weighted by Crippen LogP contribution is 2.21. The SMILES string of the molecule is CCCCNC(=O)[C@@H](Cc1ccccc1)N(Cc1ccc(Cl)cc1)C(=O)CN(c1ccc(C)cc1)S(C)(=O)=O. The van der Waals surface area contributed by atoms with Crippen LogP contribution in [0.25, 0.3) is 0 Å². The smallest absolute Gasteiger partial charge is 0.244 e. The number of carbonyl (C=O) groups excluding carboxylic acids is 2. The molecule has 0 aliphatic heterocycles. The number of halogens is 1. The van der Waals surface area contributed by atoms with E-state index in [2.05, 4.69) is 5.32 Å². The third-order valence-corrected chi connectivity index (χ3v) is 7.76. The summed E-state index contributed by atoms with van der Waals surface area (Å²) in [5.41, 5.74) is 3.01. The monoisotopic (exact) mass is 569 g/mol. The molecule has 2 amide bonds. The highest BCUT2D eigenvalue weighted by molar-refractivity contribution is 7.92. The van der Waals surface area contributed by atoms with Crippen LogP contribution < -0.4 is 9.62 Å². The van der Waals surface area contributed by atoms with E-state index in [9.17, 15) is 18.0 Å². The Morgan fingerprint density at radius 3 is 2.15 bits per heavy atom. The molecule has 1 N–H and O–H groups in total. The number of hydrogen-bond acceptors (Lipinski definition) is 4. The molecule has 39 heavy (non-hydrogen) atoms. The van der Waals surface area contributed by atoms with E-state index < -0.39 is 28.5 Å². The molecule has 0 saturated heterocycles. The highest BCUT2D eigenvalue weighted by atomic mass is 35.5. The number of benzene rings is 3. The average Bonchev–Trinajstić information content (AvgIpc) is 2.91. The van der Waals surface area contributed by atoms with E-state index in [0.717, 1.165) is 40.1 Å². The van der Waals surface area contributed by atoms with Crippen molar-refractivity contribution in [1.29, 1.82) is 0 Å². The first kappa shape index (κ1) is 30.2. The fraction of sp³-hybridized carbons (Fsp3) is 0.333. The molecule has 0 unspecified atom stereocenters. The largest absolute Gasteiger partial charge is 0.354 e. The van der Waals surface area contributed by atoms with Gasteiger partial charge in [-0.15, -0.1) is 0 Å². The summed E-state index contributed by atoms with van der Waals surface area (Å²) in [5.74, 6) is -0.765. The summed E-state index contributed by atoms with van der Waals surface area (Å²) >= 11 is 6.08. The molecular formula is C30H36ClN3O4S. The summed E-state index contributed by atoms with van der Waals surface area (Å²) in [5, 5.41) is 3.52. The lowest BCUT2D eigenvalue weighted by Crippen LogP contribution is -2.53. The van der Waals surface area contributed by atoms with Gasteiger partial charge in [0.2, 0.25) is 21.8 Å². The molecule has 0 saturated carbocycles. The van der Waals surface area contributed by atoms with Gasteiger partial charge >= 0.3 is 0 Å². The number of hydrogen-bond donors (Lipinski definition) is 1. The van der Waals surface area contributed by atoms with E-state index in [1.54, 1.807) is 48.5 Å². The van der Waals surface area contributed by atoms with E-state index >= 15 is 0 Å². The first-order valence-corrected chi connectivity index (χ1v) is 15.2. The van der Waals surface area contributed by atoms with Gasteiger partial charge in [-0.2, -0.15) is 0 Å². The van der Waals surface area contributed by atoms with Gasteiger partial charge in [0.05, 0.1) is 11.9 Å². The molecule has 0 aliphatic carbocycles. The van der Waals surface area contributed by atoms with Gasteiger partial charge in [0, 0.05) is 24.5 Å². The summed E-state index contributed by atoms with van der Waals surface area (Å²) in [6.07, 6.45) is 3.07. The minimum atomic E-state index is -3.79. The molecule has 3 aromatic rings. The summed E-state index contributed by atoms with van der Waals surface area (Å²) in [4.78, 5) is 29.0. The minimum Gasteiger partial charge on any atom is -0.354 e. The van der Waals surface area contributed by atoms with Gasteiger partial charge in [-0.1, -0.05) is 85.1 Å². The number of aryl methyl sites for hydroxylation is 1. The molecule has 208 valence electrons. The van der Waals surface area contributed by atoms with Crippen LogP contribution in [0.1, 0.15) is 36.5 Å². The van der Waals surface area contributed by atoms with Crippen molar-refractivity contribution in [2.75, 3.05) is 23.7 Å². The topological polar surface area (TPSA) is 86.8 Å². The summed E-state index contributed by atoms with van der Waals surface area (Å²) in [6.45, 7) is 4.10. The maximum atomic E-state index is 14.0. The van der Waals surface area contributed by atoms with Crippen molar-refractivity contribution in [3.05, 3.63) is 101 Å². The number of sulfonamides is 1. The Labute approximate surface area is 236 Å². The van der Waals surface area contributed by atoms with Gasteiger partial charge in [0.15, 0.2) is 0 Å². The summed E-state index contributed by atoms with van der Waals surface area (Å²) in [7, 11) is -3.79. The fourth-order valence-corrected chi connectivity index (χ4v) is 5.15. The number of unbranched alkanes of at least 4 members (excludes halogenated alkanes) is 1. The van der Waals surface area contributed by atoms with Gasteiger partial charge in [0.25, 0.3) is 0 Å². The van der Waals surface area contributed by atoms with Crippen LogP contribution in [-0.2, 0) is 32.6 Å². The Bertz CT molecular complexity index is 1330. The van der Waals surface area contributed by atoms with Crippen LogP contribution in [0.4, 0.5) is 5.69 Å². The van der Waals surface area contributed by atoms with Crippen LogP contribution in [0, 0.1) is 6.92 Å². The van der Waals surface area contributed by atoms with Crippen molar-refractivity contribution in [2.45, 2.75) is 45.7 Å². The Balaban J connectivity index is 2.01. The molecule has 0 aliphatic rings. The predicted octanol–water partition coefficient (Wildman–Crippen LogP) is 4.97. The molecule has 0 fully saturated rings. The standard InChI is InChI=1S/C30H36ClN3O4S/c1-4-5-19-32-30(36)28(20-24-9-7-6-8-10-24)33(21-25-13-15-26(31)16-14-25)29(35)22-34(39(3,37)38)27-17-11-23(2)12-18-27/h6-18,28H,4-5,19-22H2,1-3H3,(H,32,36)/t28-/m1/s1. The molecule has 1 atom stereocenters. The Morgan fingerprint density at radius 2 is 1.56 bits per heavy atom. The maximum absolute atomic E-state index is 14.0. The number of amides is 2. The molecule has 0 spiro atoms. The number of rotatable bonds is 13. The summed E-state index contributed by atoms with van der Waals surface area (Å²) < 4.78 is 26.7. The minimum absolute atomic E-state index is 0.111. The zero-order valence-corrected chi connectivity index (χ0v) is 24.2. The van der Waals surface area contributed by atoms with Crippen LogP contribution in [0.5, 0.6) is 0 Å². The Hall–Kier alpha value is -3.36. The quantitative estimate of drug-likeness (QED) is 0.294. The first-order chi connectivity index (χ1) is 18.6. The second-order valence-corrected chi connectivity index (χ2v) is 11.9. The Kier molecular flexibility index (Phi) is 10.9. The van der Waals surface area contributed by atoms with E-state index in [4.69, 9.17) is 11.6 Å². The molecular weight excluding hydrogens is 534 g/mol. The molecule has 3 aromatic carbocycles. The van der Waals surface area contributed by atoms with E-state index in [-0.39, 0.29) is 18.9 Å². The van der Waals surface area contributed by atoms with Crippen molar-refractivity contribution in [2.24, 2.45) is 0 Å². The third kappa shape index (κ3) is 9.11. The molecule has 0 radical (unpaired) electrons. The second-order valence-electron chi connectivity index (χ2n) is 9.60. The normalized spacial score (nSPS) is 12.0. The summed E-state index contributed by atoms with van der Waals surface area (Å²) in [6, 6.07) is 22.6. The van der Waals surface area contributed by atoms with Crippen LogP contribution in [0.3, 0.4) is 0 Å². The van der Waals surface area contributed by atoms with Gasteiger partial charge in [-0.05, 0) is 48.7 Å². The number of nitrogens with zero attached hydrogens (tertiary/aromatic N) is 2. The van der Waals surface area contributed by atoms with Gasteiger partial charge in [-0.3, -0.25) is 13.9 Å². The van der Waals surface area contributed by atoms with E-state index in [1.807, 2.05) is 44.2 Å². The van der Waals surface area contributed by atoms with Crippen molar-refractivity contribution in [3.8, 4) is 0 Å². The lowest BCUT2D eigenvalue weighted by Gasteiger charge is -2.33. The second kappa shape index (κ2) is 14.1. The van der Waals surface area contributed by atoms with Crippen LogP contribution in [0.15, 0.2) is 78.9 Å². The number of nitrogens with one attached hydrogen (secondary N) is 1. The van der Waals surface area contributed by atoms with Crippen LogP contribution in [0.2, 0.25) is 5.02 Å². The zero-order chi connectivity index (χ0) is 28.4. The number of anilines is 1. The Morgan fingerprint density at radius 1 is 0.923 bits per heavy atom. The van der Waals surface area contributed by atoms with Gasteiger partial charge in [-0.25, -0.2) is 8.42 Å². The molecule has 0 aromatic heterocycles. The lowest BCUT2D eigenvalue weighted by atomic mass is 10.0. The van der Waals surface area contributed by atoms with Crippen molar-refractivity contribution < 1.29 is 18.0 Å². The fourth-order valence-electron chi connectivity index (χ4n) is 4.17. The average molecular weight is 570 g/mol. The maximum Gasteiger partial charge on any atom is 0.244 e. The molecule has 0 bridgehead atoms. The van der Waals surface area contributed by atoms with Crippen molar-refractivity contribution in [3.63, 3.8) is 0 Å².